The number of carbonyl (C=O) groups excluding carboxylic acids is 2. The predicted octanol–water partition coefficient (Wildman–Crippen LogP) is 5.74. The Labute approximate surface area is 323 Å². The van der Waals surface area contributed by atoms with Crippen molar-refractivity contribution in [2.75, 3.05) is 0 Å². The van der Waals surface area contributed by atoms with Crippen molar-refractivity contribution >= 4 is 29.8 Å². The lowest BCUT2D eigenvalue weighted by molar-refractivity contribution is -0.374. The van der Waals surface area contributed by atoms with E-state index in [9.17, 15) is 49.5 Å². The highest BCUT2D eigenvalue weighted by molar-refractivity contribution is 5.98. The number of carboxylic acids is 3. The van der Waals surface area contributed by atoms with Crippen molar-refractivity contribution in [3.05, 3.63) is 48.0 Å². The molecule has 0 saturated carbocycles. The zero-order valence-corrected chi connectivity index (χ0v) is 32.4. The van der Waals surface area contributed by atoms with Gasteiger partial charge < -0.3 is 44.5 Å². The van der Waals surface area contributed by atoms with Gasteiger partial charge in [-0.3, -0.25) is 9.59 Å². The van der Waals surface area contributed by atoms with Gasteiger partial charge in [0.15, 0.2) is 6.10 Å². The van der Waals surface area contributed by atoms with Crippen LogP contribution in [0.2, 0.25) is 0 Å². The third-order valence-corrected chi connectivity index (χ3v) is 10.8. The number of hydrogen-bond donors (Lipinski definition) is 5. The van der Waals surface area contributed by atoms with E-state index < -0.39 is 77.7 Å². The standard InChI is InChI=1S/C41H60O14/c1-5-6-7-8-9-10-11-12-13-14-15-16-20-23-31(43)53-34-33(44)39(54-35(36(45)46)40(51,37(47)48)41(34,55-39)38(49)50)25-24-27(2)32(52-29(4)42)28(3)26-30-21-18-17-19-22-30/h17-19,21-22,28,32-35,44,51H,2,5-16,20,23-26H2,1,3-4H3,(H,45,46)(H,47,48)(H,49,50)/t28-,32-,33-,34-,35-,39+,40-,41+/m1/s1. The summed E-state index contributed by atoms with van der Waals surface area (Å²) in [5.41, 5.74) is -6.17. The van der Waals surface area contributed by atoms with E-state index in [-0.39, 0.29) is 24.3 Å². The number of hydrogen-bond acceptors (Lipinski definition) is 11. The van der Waals surface area contributed by atoms with E-state index in [2.05, 4.69) is 13.5 Å². The Balaban J connectivity index is 1.75. The fraction of sp³-hybridized carbons (Fsp3) is 0.683. The van der Waals surface area contributed by atoms with Gasteiger partial charge in [-0.15, -0.1) is 0 Å². The summed E-state index contributed by atoms with van der Waals surface area (Å²) in [7, 11) is 0. The van der Waals surface area contributed by atoms with Gasteiger partial charge in [0.25, 0.3) is 0 Å². The van der Waals surface area contributed by atoms with Gasteiger partial charge in [-0.2, -0.15) is 0 Å². The topological polar surface area (TPSA) is 223 Å². The van der Waals surface area contributed by atoms with Crippen LogP contribution >= 0.6 is 0 Å². The smallest absolute Gasteiger partial charge is 0.344 e. The maximum Gasteiger partial charge on any atom is 0.344 e. The number of benzene rings is 1. The lowest BCUT2D eigenvalue weighted by Crippen LogP contribution is -2.78. The predicted molar refractivity (Wildman–Crippen MR) is 199 cm³/mol. The van der Waals surface area contributed by atoms with Crippen molar-refractivity contribution in [1.82, 2.24) is 0 Å². The maximum atomic E-state index is 13.2. The van der Waals surface area contributed by atoms with Crippen LogP contribution in [0.3, 0.4) is 0 Å². The van der Waals surface area contributed by atoms with Crippen LogP contribution in [0.5, 0.6) is 0 Å². The first-order valence-electron chi connectivity index (χ1n) is 19.6. The van der Waals surface area contributed by atoms with Crippen LogP contribution in [0.15, 0.2) is 42.5 Å². The molecule has 14 heteroatoms. The number of carboxylic acid groups (broad SMARTS) is 3. The molecule has 0 unspecified atom stereocenters. The molecule has 0 aliphatic carbocycles. The van der Waals surface area contributed by atoms with E-state index in [1.807, 2.05) is 37.3 Å². The van der Waals surface area contributed by atoms with Crippen LogP contribution in [0.25, 0.3) is 0 Å². The Morgan fingerprint density at radius 2 is 1.38 bits per heavy atom. The first-order valence-corrected chi connectivity index (χ1v) is 19.6. The molecule has 0 radical (unpaired) electrons. The quantitative estimate of drug-likeness (QED) is 0.0430. The monoisotopic (exact) mass is 776 g/mol. The summed E-state index contributed by atoms with van der Waals surface area (Å²) in [6.45, 7) is 9.27. The molecule has 0 aromatic heterocycles. The van der Waals surface area contributed by atoms with Gasteiger partial charge in [0.2, 0.25) is 23.1 Å². The van der Waals surface area contributed by atoms with E-state index in [1.165, 1.54) is 51.9 Å². The summed E-state index contributed by atoms with van der Waals surface area (Å²) in [6, 6.07) is 9.34. The molecule has 0 amide bonds. The van der Waals surface area contributed by atoms with Crippen molar-refractivity contribution in [2.45, 2.75) is 171 Å². The molecule has 2 heterocycles. The number of aliphatic carboxylic acids is 3. The van der Waals surface area contributed by atoms with E-state index in [4.69, 9.17) is 18.9 Å². The molecule has 2 aliphatic rings. The zero-order valence-electron chi connectivity index (χ0n) is 32.4. The van der Waals surface area contributed by atoms with E-state index in [1.54, 1.807) is 0 Å². The van der Waals surface area contributed by atoms with Gasteiger partial charge in [-0.25, -0.2) is 14.4 Å². The Kier molecular flexibility index (Phi) is 17.3. The summed E-state index contributed by atoms with van der Waals surface area (Å²) in [6.07, 6.45) is 4.81. The molecule has 8 atom stereocenters. The summed E-state index contributed by atoms with van der Waals surface area (Å²) >= 11 is 0. The van der Waals surface area contributed by atoms with Crippen molar-refractivity contribution < 1.29 is 68.5 Å². The SMILES string of the molecule is C=C(CC[C@]12O[C@H](C(=O)O)[C@@](O)(C(=O)O)[C@](C(=O)O)(O1)[C@H](OC(=O)CCCCCCCCCCCCCCC)[C@H]2O)[C@@H](OC(C)=O)[C@H](C)Cc1ccccc1. The normalized spacial score (nSPS) is 26.8. The molecule has 55 heavy (non-hydrogen) atoms. The average Bonchev–Trinajstić information content (AvgIpc) is 3.35. The number of unbranched alkanes of at least 4 members (excludes halogenated alkanes) is 12. The van der Waals surface area contributed by atoms with Crippen molar-refractivity contribution in [3.63, 3.8) is 0 Å². The Bertz CT molecular complexity index is 1460. The van der Waals surface area contributed by atoms with Gasteiger partial charge in [0.1, 0.15) is 12.2 Å². The highest BCUT2D eigenvalue weighted by Gasteiger charge is 2.85. The Hall–Kier alpha value is -3.85. The highest BCUT2D eigenvalue weighted by Crippen LogP contribution is 2.56. The van der Waals surface area contributed by atoms with Crippen LogP contribution in [0, 0.1) is 5.92 Å². The van der Waals surface area contributed by atoms with Gasteiger partial charge in [-0.1, -0.05) is 128 Å². The molecular formula is C41H60O14. The lowest BCUT2D eigenvalue weighted by Gasteiger charge is -2.48. The largest absolute Gasteiger partial charge is 0.479 e. The zero-order chi connectivity index (χ0) is 40.8. The third kappa shape index (κ3) is 10.9. The summed E-state index contributed by atoms with van der Waals surface area (Å²) in [4.78, 5) is 63.4. The molecule has 2 aliphatic heterocycles. The minimum Gasteiger partial charge on any atom is -0.479 e. The molecule has 2 fully saturated rings. The van der Waals surface area contributed by atoms with Gasteiger partial charge in [0.05, 0.1) is 0 Å². The fourth-order valence-corrected chi connectivity index (χ4v) is 7.78. The maximum absolute atomic E-state index is 13.2. The van der Waals surface area contributed by atoms with E-state index >= 15 is 0 Å². The van der Waals surface area contributed by atoms with Crippen LogP contribution in [-0.2, 0) is 49.3 Å². The first kappa shape index (κ1) is 45.5. The van der Waals surface area contributed by atoms with Gasteiger partial charge in [0, 0.05) is 25.7 Å². The molecule has 3 rings (SSSR count). The molecule has 2 bridgehead atoms. The fourth-order valence-electron chi connectivity index (χ4n) is 7.78. The van der Waals surface area contributed by atoms with Crippen molar-refractivity contribution in [2.24, 2.45) is 5.92 Å². The van der Waals surface area contributed by atoms with Gasteiger partial charge >= 0.3 is 29.8 Å². The second-order valence-electron chi connectivity index (χ2n) is 15.1. The second kappa shape index (κ2) is 20.9. The summed E-state index contributed by atoms with van der Waals surface area (Å²) < 4.78 is 22.3. The number of rotatable bonds is 26. The third-order valence-electron chi connectivity index (χ3n) is 10.8. The first-order chi connectivity index (χ1) is 26.1. The summed E-state index contributed by atoms with van der Waals surface area (Å²) in [5.74, 6) is -11.2. The van der Waals surface area contributed by atoms with E-state index in [0.29, 0.717) is 19.3 Å². The van der Waals surface area contributed by atoms with Crippen LogP contribution in [0.1, 0.15) is 129 Å². The molecule has 2 saturated heterocycles. The number of esters is 2. The van der Waals surface area contributed by atoms with E-state index in [0.717, 1.165) is 31.2 Å². The Morgan fingerprint density at radius 3 is 1.87 bits per heavy atom. The summed E-state index contributed by atoms with van der Waals surface area (Å²) in [5, 5.41) is 53.9. The molecule has 5 N–H and O–H groups in total. The van der Waals surface area contributed by atoms with Crippen LogP contribution < -0.4 is 0 Å². The molecule has 0 spiro atoms. The minimum atomic E-state index is -3.87. The molecular weight excluding hydrogens is 716 g/mol. The number of carbonyl (C=O) groups is 5. The Morgan fingerprint density at radius 1 is 0.836 bits per heavy atom. The number of aliphatic hydroxyl groups excluding tert-OH is 1. The highest BCUT2D eigenvalue weighted by atomic mass is 16.8. The molecule has 308 valence electrons. The average molecular weight is 777 g/mol. The minimum absolute atomic E-state index is 0.221. The lowest BCUT2D eigenvalue weighted by atomic mass is 9.74. The molecule has 14 nitrogen and oxygen atoms in total. The number of ether oxygens (including phenoxy) is 4. The van der Waals surface area contributed by atoms with Crippen LogP contribution in [0.4, 0.5) is 0 Å². The van der Waals surface area contributed by atoms with Crippen molar-refractivity contribution in [3.8, 4) is 0 Å². The number of aliphatic hydroxyl groups is 2. The van der Waals surface area contributed by atoms with Crippen LogP contribution in [-0.4, -0.2) is 96.8 Å². The van der Waals surface area contributed by atoms with Gasteiger partial charge in [-0.05, 0) is 30.4 Å². The molecule has 1 aromatic rings. The molecule has 1 aromatic carbocycles. The number of fused-ring (bicyclic) bond motifs is 2. The van der Waals surface area contributed by atoms with Crippen molar-refractivity contribution in [1.29, 1.82) is 0 Å². The second-order valence-corrected chi connectivity index (χ2v) is 15.1.